The van der Waals surface area contributed by atoms with Crippen LogP contribution in [0, 0.1) is 0 Å². The average Bonchev–Trinajstić information content (AvgIpc) is 2.40. The molecule has 0 amide bonds. The van der Waals surface area contributed by atoms with Crippen molar-refractivity contribution in [3.05, 3.63) is 60.2 Å². The number of thioether (sulfide) groups is 1. The van der Waals surface area contributed by atoms with Crippen molar-refractivity contribution in [1.82, 2.24) is 0 Å². The van der Waals surface area contributed by atoms with Gasteiger partial charge in [0.2, 0.25) is 0 Å². The quantitative estimate of drug-likeness (QED) is 0.839. The lowest BCUT2D eigenvalue weighted by Crippen LogP contribution is -2.14. The Kier molecular flexibility index (Phi) is 3.06. The molecular formula is C15H15NS. The van der Waals surface area contributed by atoms with Gasteiger partial charge < -0.3 is 5.32 Å². The first-order valence-electron chi connectivity index (χ1n) is 5.98. The molecule has 0 bridgehead atoms. The topological polar surface area (TPSA) is 12.0 Å². The first kappa shape index (κ1) is 10.7. The highest BCUT2D eigenvalue weighted by molar-refractivity contribution is 7.99. The van der Waals surface area contributed by atoms with Crippen molar-refractivity contribution in [2.24, 2.45) is 0 Å². The van der Waals surface area contributed by atoms with Gasteiger partial charge in [-0.15, -0.1) is 11.8 Å². The van der Waals surface area contributed by atoms with Gasteiger partial charge in [-0.1, -0.05) is 36.4 Å². The molecule has 1 unspecified atom stereocenters. The predicted octanol–water partition coefficient (Wildman–Crippen LogP) is 4.34. The molecule has 86 valence electrons. The van der Waals surface area contributed by atoms with E-state index in [0.29, 0.717) is 5.25 Å². The summed E-state index contributed by atoms with van der Waals surface area (Å²) in [5.74, 6) is 0. The Morgan fingerprint density at radius 3 is 2.59 bits per heavy atom. The van der Waals surface area contributed by atoms with Gasteiger partial charge >= 0.3 is 0 Å². The molecule has 0 saturated carbocycles. The van der Waals surface area contributed by atoms with E-state index in [-0.39, 0.29) is 0 Å². The Morgan fingerprint density at radius 2 is 1.71 bits per heavy atom. The minimum absolute atomic E-state index is 0.579. The Hall–Kier alpha value is -1.41. The second-order valence-corrected chi connectivity index (χ2v) is 5.50. The van der Waals surface area contributed by atoms with Crippen molar-refractivity contribution in [3.8, 4) is 0 Å². The first-order valence-corrected chi connectivity index (χ1v) is 6.86. The van der Waals surface area contributed by atoms with Crippen molar-refractivity contribution in [2.45, 2.75) is 16.6 Å². The Bertz CT molecular complexity index is 495. The zero-order chi connectivity index (χ0) is 11.5. The van der Waals surface area contributed by atoms with Gasteiger partial charge in [0.05, 0.1) is 0 Å². The number of nitrogens with one attached hydrogen (secondary N) is 1. The van der Waals surface area contributed by atoms with Gasteiger partial charge in [-0.05, 0) is 30.2 Å². The monoisotopic (exact) mass is 241 g/mol. The van der Waals surface area contributed by atoms with E-state index in [9.17, 15) is 0 Å². The number of anilines is 1. The van der Waals surface area contributed by atoms with Crippen LogP contribution in [-0.2, 0) is 0 Å². The molecule has 0 saturated heterocycles. The Labute approximate surface area is 106 Å². The lowest BCUT2D eigenvalue weighted by atomic mass is 10.0. The molecule has 0 spiro atoms. The molecule has 1 N–H and O–H groups in total. The molecule has 2 aromatic carbocycles. The van der Waals surface area contributed by atoms with Crippen molar-refractivity contribution < 1.29 is 0 Å². The fraction of sp³-hybridized carbons (Fsp3) is 0.200. The summed E-state index contributed by atoms with van der Waals surface area (Å²) in [4.78, 5) is 1.36. The summed E-state index contributed by atoms with van der Waals surface area (Å²) < 4.78 is 0. The van der Waals surface area contributed by atoms with Crippen LogP contribution in [0.3, 0.4) is 0 Å². The SMILES string of the molecule is c1ccc(SC2CCNc3ccccc32)cc1. The number of rotatable bonds is 2. The number of hydrogen-bond donors (Lipinski definition) is 1. The molecule has 0 aromatic heterocycles. The largest absolute Gasteiger partial charge is 0.385 e. The van der Waals surface area contributed by atoms with Crippen LogP contribution in [-0.4, -0.2) is 6.54 Å². The molecule has 0 radical (unpaired) electrons. The van der Waals surface area contributed by atoms with Gasteiger partial charge in [0.15, 0.2) is 0 Å². The lowest BCUT2D eigenvalue weighted by Gasteiger charge is -2.26. The highest BCUT2D eigenvalue weighted by atomic mass is 32.2. The second-order valence-electron chi connectivity index (χ2n) is 4.22. The highest BCUT2D eigenvalue weighted by Gasteiger charge is 2.20. The first-order chi connectivity index (χ1) is 8.43. The minimum Gasteiger partial charge on any atom is -0.385 e. The lowest BCUT2D eigenvalue weighted by molar-refractivity contribution is 0.810. The minimum atomic E-state index is 0.579. The normalized spacial score (nSPS) is 18.2. The number of para-hydroxylation sites is 1. The third-order valence-electron chi connectivity index (χ3n) is 3.05. The van der Waals surface area contributed by atoms with E-state index in [0.717, 1.165) is 6.54 Å². The van der Waals surface area contributed by atoms with Crippen LogP contribution >= 0.6 is 11.8 Å². The second kappa shape index (κ2) is 4.84. The number of fused-ring (bicyclic) bond motifs is 1. The van der Waals surface area contributed by atoms with Gasteiger partial charge in [-0.25, -0.2) is 0 Å². The van der Waals surface area contributed by atoms with E-state index in [1.807, 2.05) is 11.8 Å². The smallest absolute Gasteiger partial charge is 0.0384 e. The van der Waals surface area contributed by atoms with Crippen LogP contribution in [0.4, 0.5) is 5.69 Å². The van der Waals surface area contributed by atoms with Crippen LogP contribution in [0.1, 0.15) is 17.2 Å². The van der Waals surface area contributed by atoms with Gasteiger partial charge in [-0.3, -0.25) is 0 Å². The van der Waals surface area contributed by atoms with Gasteiger partial charge in [0.1, 0.15) is 0 Å². The maximum atomic E-state index is 3.47. The van der Waals surface area contributed by atoms with E-state index in [1.165, 1.54) is 22.6 Å². The summed E-state index contributed by atoms with van der Waals surface area (Å²) in [6.07, 6.45) is 1.19. The molecule has 1 nitrogen and oxygen atoms in total. The molecule has 3 rings (SSSR count). The predicted molar refractivity (Wildman–Crippen MR) is 74.6 cm³/mol. The van der Waals surface area contributed by atoms with Crippen LogP contribution < -0.4 is 5.32 Å². The van der Waals surface area contributed by atoms with Crippen LogP contribution in [0.15, 0.2) is 59.5 Å². The zero-order valence-corrected chi connectivity index (χ0v) is 10.4. The van der Waals surface area contributed by atoms with Crippen molar-refractivity contribution >= 4 is 17.4 Å². The molecule has 0 fully saturated rings. The molecule has 0 aliphatic carbocycles. The van der Waals surface area contributed by atoms with Crippen LogP contribution in [0.5, 0.6) is 0 Å². The molecule has 17 heavy (non-hydrogen) atoms. The average molecular weight is 241 g/mol. The fourth-order valence-corrected chi connectivity index (χ4v) is 3.43. The Morgan fingerprint density at radius 1 is 0.941 bits per heavy atom. The van der Waals surface area contributed by atoms with E-state index < -0.39 is 0 Å². The fourth-order valence-electron chi connectivity index (χ4n) is 2.22. The van der Waals surface area contributed by atoms with E-state index in [2.05, 4.69) is 59.9 Å². The molecule has 2 heteroatoms. The molecule has 1 heterocycles. The Balaban J connectivity index is 1.86. The molecule has 1 aliphatic heterocycles. The van der Waals surface area contributed by atoms with Crippen molar-refractivity contribution in [1.29, 1.82) is 0 Å². The maximum absolute atomic E-state index is 3.47. The van der Waals surface area contributed by atoms with Crippen LogP contribution in [0.25, 0.3) is 0 Å². The van der Waals surface area contributed by atoms with Gasteiger partial charge in [0.25, 0.3) is 0 Å². The van der Waals surface area contributed by atoms with Gasteiger partial charge in [-0.2, -0.15) is 0 Å². The summed E-state index contributed by atoms with van der Waals surface area (Å²) in [7, 11) is 0. The summed E-state index contributed by atoms with van der Waals surface area (Å²) in [6, 6.07) is 19.3. The maximum Gasteiger partial charge on any atom is 0.0384 e. The molecule has 1 aliphatic rings. The van der Waals surface area contributed by atoms with E-state index in [1.54, 1.807) is 0 Å². The number of benzene rings is 2. The summed E-state index contributed by atoms with van der Waals surface area (Å²) >= 11 is 1.97. The van der Waals surface area contributed by atoms with Crippen LogP contribution in [0.2, 0.25) is 0 Å². The van der Waals surface area contributed by atoms with Crippen molar-refractivity contribution in [2.75, 3.05) is 11.9 Å². The third-order valence-corrected chi connectivity index (χ3v) is 4.37. The third kappa shape index (κ3) is 2.32. The molecule has 1 atom stereocenters. The summed E-state index contributed by atoms with van der Waals surface area (Å²) in [5.41, 5.74) is 2.74. The standard InChI is InChI=1S/C15H15NS/c1-2-6-12(7-3-1)17-15-10-11-16-14-9-5-4-8-13(14)15/h1-9,15-16H,10-11H2. The summed E-state index contributed by atoms with van der Waals surface area (Å²) in [6.45, 7) is 1.07. The van der Waals surface area contributed by atoms with E-state index in [4.69, 9.17) is 0 Å². The summed E-state index contributed by atoms with van der Waals surface area (Å²) in [5, 5.41) is 4.04. The van der Waals surface area contributed by atoms with E-state index >= 15 is 0 Å². The highest BCUT2D eigenvalue weighted by Crippen LogP contribution is 2.42. The van der Waals surface area contributed by atoms with Crippen molar-refractivity contribution in [3.63, 3.8) is 0 Å². The number of hydrogen-bond acceptors (Lipinski definition) is 2. The molecular weight excluding hydrogens is 226 g/mol. The van der Waals surface area contributed by atoms with Gasteiger partial charge in [0, 0.05) is 22.4 Å². The zero-order valence-electron chi connectivity index (χ0n) is 9.60. The molecule has 2 aromatic rings.